The summed E-state index contributed by atoms with van der Waals surface area (Å²) in [5, 5.41) is 7.12. The molecule has 8 aromatic rings. The summed E-state index contributed by atoms with van der Waals surface area (Å²) < 4.78 is 0. The van der Waals surface area contributed by atoms with Crippen molar-refractivity contribution in [2.75, 3.05) is 4.90 Å². The Kier molecular flexibility index (Phi) is 6.24. The zero-order valence-corrected chi connectivity index (χ0v) is 26.5. The molecule has 49 heavy (non-hydrogen) atoms. The molecule has 0 bridgehead atoms. The molecule has 1 aliphatic carbocycles. The van der Waals surface area contributed by atoms with E-state index < -0.39 is 0 Å². The number of anilines is 2. The van der Waals surface area contributed by atoms with Gasteiger partial charge in [0.05, 0.1) is 6.04 Å². The Labute approximate surface area is 283 Å². The van der Waals surface area contributed by atoms with Crippen LogP contribution in [0.3, 0.4) is 0 Å². The van der Waals surface area contributed by atoms with E-state index in [9.17, 15) is 0 Å². The molecule has 2 aromatic heterocycles. The van der Waals surface area contributed by atoms with Crippen molar-refractivity contribution in [2.24, 2.45) is 0 Å². The van der Waals surface area contributed by atoms with Gasteiger partial charge in [-0.05, 0) is 74.3 Å². The molecule has 0 amide bonds. The average Bonchev–Trinajstić information content (AvgIpc) is 3.49. The van der Waals surface area contributed by atoms with E-state index in [1.165, 1.54) is 32.8 Å². The lowest BCUT2D eigenvalue weighted by Crippen LogP contribution is -2.29. The molecule has 2 unspecified atom stereocenters. The van der Waals surface area contributed by atoms with Crippen LogP contribution in [-0.4, -0.2) is 26.0 Å². The van der Waals surface area contributed by atoms with Gasteiger partial charge in [0.15, 0.2) is 17.5 Å². The number of rotatable bonds is 4. The molecule has 10 rings (SSSR count). The molecule has 5 nitrogen and oxygen atoms in total. The van der Waals surface area contributed by atoms with Gasteiger partial charge in [0.1, 0.15) is 5.82 Å². The predicted molar refractivity (Wildman–Crippen MR) is 200 cm³/mol. The van der Waals surface area contributed by atoms with E-state index in [1.54, 1.807) is 0 Å². The van der Waals surface area contributed by atoms with Crippen molar-refractivity contribution >= 4 is 43.8 Å². The van der Waals surface area contributed by atoms with E-state index >= 15 is 0 Å². The van der Waals surface area contributed by atoms with Gasteiger partial charge < -0.3 is 4.90 Å². The van der Waals surface area contributed by atoms with Gasteiger partial charge in [0.25, 0.3) is 0 Å². The first kappa shape index (κ1) is 27.6. The van der Waals surface area contributed by atoms with Crippen molar-refractivity contribution in [1.82, 2.24) is 19.9 Å². The van der Waals surface area contributed by atoms with Crippen molar-refractivity contribution in [3.05, 3.63) is 170 Å². The van der Waals surface area contributed by atoms with Crippen LogP contribution in [0.25, 0.3) is 66.5 Å². The maximum Gasteiger partial charge on any atom is 0.165 e. The first-order valence-electron chi connectivity index (χ1n) is 16.6. The molecule has 3 heterocycles. The minimum atomic E-state index is 0.159. The van der Waals surface area contributed by atoms with Gasteiger partial charge in [0.2, 0.25) is 0 Å². The summed E-state index contributed by atoms with van der Waals surface area (Å²) in [4.78, 5) is 22.5. The van der Waals surface area contributed by atoms with Gasteiger partial charge in [-0.3, -0.25) is 0 Å². The molecule has 0 spiro atoms. The van der Waals surface area contributed by atoms with Gasteiger partial charge in [-0.1, -0.05) is 121 Å². The van der Waals surface area contributed by atoms with Gasteiger partial charge in [-0.15, -0.1) is 0 Å². The van der Waals surface area contributed by atoms with Crippen molar-refractivity contribution < 1.29 is 0 Å². The highest BCUT2D eigenvalue weighted by molar-refractivity contribution is 5.91. The number of hydrogen-bond acceptors (Lipinski definition) is 5. The molecule has 1 aliphatic heterocycles. The Hall–Kier alpha value is -6.46. The minimum Gasteiger partial charge on any atom is -0.318 e. The highest BCUT2D eigenvalue weighted by Crippen LogP contribution is 2.48. The van der Waals surface area contributed by atoms with Crippen LogP contribution in [0.5, 0.6) is 0 Å². The Bertz CT molecular complexity index is 2540. The number of hydrogen-bond donors (Lipinski definition) is 0. The van der Waals surface area contributed by atoms with Crippen LogP contribution >= 0.6 is 0 Å². The Balaban J connectivity index is 1.09. The largest absolute Gasteiger partial charge is 0.318 e. The Morgan fingerprint density at radius 3 is 1.55 bits per heavy atom. The van der Waals surface area contributed by atoms with Gasteiger partial charge in [-0.2, -0.15) is 0 Å². The van der Waals surface area contributed by atoms with Crippen LogP contribution in [0.1, 0.15) is 11.5 Å². The summed E-state index contributed by atoms with van der Waals surface area (Å²) in [7, 11) is 0. The maximum absolute atomic E-state index is 5.06. The second-order valence-electron chi connectivity index (χ2n) is 12.7. The number of pyridine rings is 1. The van der Waals surface area contributed by atoms with Crippen LogP contribution in [0.4, 0.5) is 11.5 Å². The zero-order valence-electron chi connectivity index (χ0n) is 26.5. The van der Waals surface area contributed by atoms with Gasteiger partial charge in [-0.25, -0.2) is 19.9 Å². The van der Waals surface area contributed by atoms with E-state index in [0.29, 0.717) is 17.5 Å². The van der Waals surface area contributed by atoms with Crippen LogP contribution in [0, 0.1) is 0 Å². The zero-order chi connectivity index (χ0) is 32.3. The molecule has 0 saturated carbocycles. The normalized spacial score (nSPS) is 16.4. The van der Waals surface area contributed by atoms with Crippen molar-refractivity contribution in [2.45, 2.75) is 12.0 Å². The molecule has 2 aliphatic rings. The van der Waals surface area contributed by atoms with Crippen molar-refractivity contribution in [3.63, 3.8) is 0 Å². The van der Waals surface area contributed by atoms with E-state index in [0.717, 1.165) is 33.3 Å². The minimum absolute atomic E-state index is 0.159. The number of nitrogens with zero attached hydrogens (tertiary/aromatic N) is 5. The lowest BCUT2D eigenvalue weighted by atomic mass is 9.90. The average molecular weight is 628 g/mol. The standard InChI is InChI=1S/C44H29N5/c1-3-11-30-23-34(19-17-28(30)9-1)42-46-43(35-20-18-29-10-2-4-12-31(29)24-35)48-44(47-42)36-21-22-41(45-27-36)49-39-16-8-7-15-37(39)38-25-32-13-5-6-14-33(32)26-40(38)49/h1-27,37,39H. The summed E-state index contributed by atoms with van der Waals surface area (Å²) in [6.45, 7) is 0. The fraction of sp³-hybridized carbons (Fsp3) is 0.0455. The van der Waals surface area contributed by atoms with Crippen LogP contribution in [0.2, 0.25) is 0 Å². The first-order valence-corrected chi connectivity index (χ1v) is 16.6. The predicted octanol–water partition coefficient (Wildman–Crippen LogP) is 10.5. The van der Waals surface area contributed by atoms with Crippen LogP contribution in [-0.2, 0) is 0 Å². The Morgan fingerprint density at radius 2 is 0.959 bits per heavy atom. The molecule has 6 aromatic carbocycles. The second-order valence-corrected chi connectivity index (χ2v) is 12.7. The number of allylic oxidation sites excluding steroid dienone is 2. The SMILES string of the molecule is C1=CC2c3cc4ccccc4cc3N(c3ccc(-c4nc(-c5ccc6ccccc6c5)nc(-c5ccc6ccccc6c5)n4)cn3)C2C=C1. The van der Waals surface area contributed by atoms with E-state index in [1.807, 2.05) is 6.20 Å². The topological polar surface area (TPSA) is 54.8 Å². The third-order valence-electron chi connectivity index (χ3n) is 9.82. The summed E-state index contributed by atoms with van der Waals surface area (Å²) in [6.07, 6.45) is 10.8. The number of aromatic nitrogens is 4. The number of fused-ring (bicyclic) bond motifs is 6. The highest BCUT2D eigenvalue weighted by atomic mass is 15.2. The monoisotopic (exact) mass is 627 g/mol. The molecule has 230 valence electrons. The third kappa shape index (κ3) is 4.70. The third-order valence-corrected chi connectivity index (χ3v) is 9.82. The quantitative estimate of drug-likeness (QED) is 0.194. The molecular weight excluding hydrogens is 599 g/mol. The fourth-order valence-electron chi connectivity index (χ4n) is 7.37. The highest BCUT2D eigenvalue weighted by Gasteiger charge is 2.38. The summed E-state index contributed by atoms with van der Waals surface area (Å²) in [5.74, 6) is 3.01. The van der Waals surface area contributed by atoms with Crippen LogP contribution in [0.15, 0.2) is 164 Å². The summed E-state index contributed by atoms with van der Waals surface area (Å²) in [6, 6.07) is 47.0. The van der Waals surface area contributed by atoms with Gasteiger partial charge >= 0.3 is 0 Å². The molecule has 0 saturated heterocycles. The molecular formula is C44H29N5. The Morgan fingerprint density at radius 1 is 0.449 bits per heavy atom. The van der Waals surface area contributed by atoms with Crippen LogP contribution < -0.4 is 4.90 Å². The molecule has 0 radical (unpaired) electrons. The van der Waals surface area contributed by atoms with Crippen molar-refractivity contribution in [1.29, 1.82) is 0 Å². The smallest absolute Gasteiger partial charge is 0.165 e. The van der Waals surface area contributed by atoms with E-state index in [2.05, 4.69) is 163 Å². The molecule has 2 atom stereocenters. The molecule has 0 N–H and O–H groups in total. The summed E-state index contributed by atoms with van der Waals surface area (Å²) >= 11 is 0. The second kappa shape index (κ2) is 11.1. The lowest BCUT2D eigenvalue weighted by molar-refractivity contribution is 0.738. The van der Waals surface area contributed by atoms with Gasteiger partial charge in [0, 0.05) is 34.5 Å². The lowest BCUT2D eigenvalue weighted by Gasteiger charge is -2.27. The summed E-state index contributed by atoms with van der Waals surface area (Å²) in [5.41, 5.74) is 5.25. The van der Waals surface area contributed by atoms with Crippen molar-refractivity contribution in [3.8, 4) is 34.2 Å². The fourth-order valence-corrected chi connectivity index (χ4v) is 7.37. The van der Waals surface area contributed by atoms with E-state index in [-0.39, 0.29) is 12.0 Å². The molecule has 0 fully saturated rings. The maximum atomic E-state index is 5.06. The first-order chi connectivity index (χ1) is 24.2. The molecule has 5 heteroatoms. The van der Waals surface area contributed by atoms with E-state index in [4.69, 9.17) is 19.9 Å². The number of benzene rings is 6.